The maximum Gasteiger partial charge on any atom is 0.417 e. The largest absolute Gasteiger partial charge is 0.439 e. The molecule has 43 heavy (non-hydrogen) atoms. The molecular weight excluding hydrogens is 626 g/mol. The van der Waals surface area contributed by atoms with E-state index in [0.717, 1.165) is 16.5 Å². The van der Waals surface area contributed by atoms with E-state index >= 15 is 0 Å². The van der Waals surface area contributed by atoms with Gasteiger partial charge in [0.25, 0.3) is 5.91 Å². The summed E-state index contributed by atoms with van der Waals surface area (Å²) in [6.45, 7) is 2.10. The predicted octanol–water partition coefficient (Wildman–Crippen LogP) is 3.42. The van der Waals surface area contributed by atoms with Crippen LogP contribution in [0.25, 0.3) is 0 Å². The van der Waals surface area contributed by atoms with Crippen LogP contribution >= 0.6 is 15.9 Å². The standard InChI is InChI=1S/C31H36BrNO10/c1-20-26(22-12-7-4-8-13-22)42-30(37)33(20)29(36)28(39-2)27-24(35)16-25(32)31(38,43-27)14-9-15-40-19-23(17-34)41-18-21-10-5-3-6-11-21/h3-8,10-13,16,20,23,26-28,34,38H,9,14-15,17-19H2,1-2H3/t20-,23+,26-,27-,28-,31+/m0/s1. The van der Waals surface area contributed by atoms with E-state index in [1.54, 1.807) is 31.2 Å². The number of halogens is 1. The Morgan fingerprint density at radius 1 is 1.12 bits per heavy atom. The van der Waals surface area contributed by atoms with Crippen LogP contribution in [0.5, 0.6) is 0 Å². The first-order valence-electron chi connectivity index (χ1n) is 14.0. The van der Waals surface area contributed by atoms with Gasteiger partial charge in [-0.05, 0) is 46.5 Å². The van der Waals surface area contributed by atoms with Crippen molar-refractivity contribution >= 4 is 33.7 Å². The minimum absolute atomic E-state index is 0.00535. The molecule has 0 aliphatic carbocycles. The van der Waals surface area contributed by atoms with Crippen molar-refractivity contribution in [2.75, 3.05) is 26.9 Å². The predicted molar refractivity (Wildman–Crippen MR) is 157 cm³/mol. The highest BCUT2D eigenvalue weighted by atomic mass is 79.9. The smallest absolute Gasteiger partial charge is 0.417 e. The number of carbonyl (C=O) groups excluding carboxylic acids is 3. The summed E-state index contributed by atoms with van der Waals surface area (Å²) in [5, 5.41) is 20.9. The van der Waals surface area contributed by atoms with E-state index < -0.39 is 54.0 Å². The van der Waals surface area contributed by atoms with Crippen molar-refractivity contribution in [2.24, 2.45) is 0 Å². The number of carbonyl (C=O) groups is 3. The van der Waals surface area contributed by atoms with Gasteiger partial charge < -0.3 is 33.9 Å². The minimum Gasteiger partial charge on any atom is -0.439 e. The molecule has 0 saturated carbocycles. The lowest BCUT2D eigenvalue weighted by Gasteiger charge is -2.38. The van der Waals surface area contributed by atoms with Gasteiger partial charge in [-0.25, -0.2) is 9.69 Å². The monoisotopic (exact) mass is 661 g/mol. The second-order valence-corrected chi connectivity index (χ2v) is 11.2. The van der Waals surface area contributed by atoms with Gasteiger partial charge in [-0.2, -0.15) is 0 Å². The van der Waals surface area contributed by atoms with Crippen LogP contribution in [0.3, 0.4) is 0 Å². The fourth-order valence-electron chi connectivity index (χ4n) is 4.94. The van der Waals surface area contributed by atoms with Crippen molar-refractivity contribution in [1.82, 2.24) is 4.90 Å². The Bertz CT molecular complexity index is 1280. The van der Waals surface area contributed by atoms with Gasteiger partial charge in [0.2, 0.25) is 0 Å². The number of ether oxygens (including phenoxy) is 5. The van der Waals surface area contributed by atoms with E-state index in [1.807, 2.05) is 36.4 Å². The van der Waals surface area contributed by atoms with Gasteiger partial charge in [0.1, 0.15) is 12.2 Å². The second kappa shape index (κ2) is 15.2. The van der Waals surface area contributed by atoms with Crippen molar-refractivity contribution in [3.05, 3.63) is 82.3 Å². The maximum atomic E-state index is 13.5. The molecule has 4 rings (SSSR count). The number of benzene rings is 2. The Morgan fingerprint density at radius 3 is 2.44 bits per heavy atom. The number of ketones is 1. The van der Waals surface area contributed by atoms with Gasteiger partial charge in [-0.15, -0.1) is 0 Å². The zero-order valence-corrected chi connectivity index (χ0v) is 25.6. The number of methoxy groups -OCH3 is 1. The molecule has 232 valence electrons. The molecule has 2 N–H and O–H groups in total. The highest BCUT2D eigenvalue weighted by Gasteiger charge is 2.51. The summed E-state index contributed by atoms with van der Waals surface area (Å²) in [6, 6.07) is 17.9. The van der Waals surface area contributed by atoms with Crippen LogP contribution in [-0.4, -0.2) is 90.0 Å². The Balaban J connectivity index is 1.33. The lowest BCUT2D eigenvalue weighted by Crippen LogP contribution is -2.56. The van der Waals surface area contributed by atoms with E-state index in [0.29, 0.717) is 18.6 Å². The summed E-state index contributed by atoms with van der Waals surface area (Å²) in [7, 11) is 1.22. The number of cyclic esters (lactones) is 1. The van der Waals surface area contributed by atoms with Crippen LogP contribution in [-0.2, 0) is 39.9 Å². The Morgan fingerprint density at radius 2 is 1.79 bits per heavy atom. The number of hydrogen-bond acceptors (Lipinski definition) is 10. The van der Waals surface area contributed by atoms with Gasteiger partial charge in [0.05, 0.1) is 30.3 Å². The molecule has 0 unspecified atom stereocenters. The third-order valence-electron chi connectivity index (χ3n) is 7.29. The average molecular weight is 663 g/mol. The Hall–Kier alpha value is -2.97. The van der Waals surface area contributed by atoms with Crippen LogP contribution in [0.2, 0.25) is 0 Å². The molecule has 11 nitrogen and oxygen atoms in total. The summed E-state index contributed by atoms with van der Waals surface area (Å²) in [4.78, 5) is 40.2. The van der Waals surface area contributed by atoms with Crippen molar-refractivity contribution < 1.29 is 48.3 Å². The molecule has 0 radical (unpaired) electrons. The third-order valence-corrected chi connectivity index (χ3v) is 8.14. The molecule has 2 aromatic carbocycles. The third kappa shape index (κ3) is 7.95. The number of aliphatic hydroxyl groups is 2. The topological polar surface area (TPSA) is 141 Å². The highest BCUT2D eigenvalue weighted by molar-refractivity contribution is 9.11. The molecule has 2 aliphatic heterocycles. The molecule has 2 heterocycles. The van der Waals surface area contributed by atoms with Gasteiger partial charge in [-0.3, -0.25) is 9.59 Å². The molecule has 2 aromatic rings. The van der Waals surface area contributed by atoms with Gasteiger partial charge >= 0.3 is 6.09 Å². The minimum atomic E-state index is -1.96. The van der Waals surface area contributed by atoms with E-state index in [2.05, 4.69) is 15.9 Å². The summed E-state index contributed by atoms with van der Waals surface area (Å²) >= 11 is 3.21. The summed E-state index contributed by atoms with van der Waals surface area (Å²) < 4.78 is 28.1. The van der Waals surface area contributed by atoms with Crippen molar-refractivity contribution in [2.45, 2.75) is 62.6 Å². The van der Waals surface area contributed by atoms with Crippen molar-refractivity contribution in [1.29, 1.82) is 0 Å². The first-order valence-corrected chi connectivity index (χ1v) is 14.7. The number of amides is 2. The molecular formula is C31H36BrNO10. The lowest BCUT2D eigenvalue weighted by molar-refractivity contribution is -0.227. The Labute approximate surface area is 258 Å². The molecule has 0 bridgehead atoms. The van der Waals surface area contributed by atoms with Crippen molar-refractivity contribution in [3.63, 3.8) is 0 Å². The van der Waals surface area contributed by atoms with Crippen LogP contribution in [0.1, 0.15) is 37.0 Å². The second-order valence-electron chi connectivity index (χ2n) is 10.3. The van der Waals surface area contributed by atoms with E-state index in [4.69, 9.17) is 23.7 Å². The summed E-state index contributed by atoms with van der Waals surface area (Å²) in [5.74, 6) is -3.39. The SMILES string of the molecule is CO[C@H](C(=O)N1C(=O)O[C@H](c2ccccc2)[C@@H]1C)[C@H]1O[C@](O)(CCCOC[C@@H](CO)OCc2ccccc2)C(Br)=CC1=O. The normalized spacial score (nSPS) is 25.3. The average Bonchev–Trinajstić information content (AvgIpc) is 3.31. The highest BCUT2D eigenvalue weighted by Crippen LogP contribution is 2.37. The molecule has 6 atom stereocenters. The summed E-state index contributed by atoms with van der Waals surface area (Å²) in [6.07, 6.45) is -3.69. The molecule has 12 heteroatoms. The van der Waals surface area contributed by atoms with Crippen LogP contribution in [0.15, 0.2) is 71.2 Å². The number of hydrogen-bond donors (Lipinski definition) is 2. The first kappa shape index (κ1) is 32.9. The van der Waals surface area contributed by atoms with Crippen LogP contribution < -0.4 is 0 Å². The fourth-order valence-corrected chi connectivity index (χ4v) is 5.46. The Kier molecular flexibility index (Phi) is 11.6. The van der Waals surface area contributed by atoms with Gasteiger partial charge in [-0.1, -0.05) is 60.7 Å². The number of imide groups is 1. The van der Waals surface area contributed by atoms with Gasteiger partial charge in [0.15, 0.2) is 23.8 Å². The van der Waals surface area contributed by atoms with Crippen molar-refractivity contribution in [3.8, 4) is 0 Å². The number of rotatable bonds is 14. The van der Waals surface area contributed by atoms with E-state index in [-0.39, 0.29) is 30.7 Å². The number of aliphatic hydroxyl groups excluding tert-OH is 1. The van der Waals surface area contributed by atoms with Crippen LogP contribution in [0.4, 0.5) is 4.79 Å². The first-order chi connectivity index (χ1) is 20.7. The van der Waals surface area contributed by atoms with E-state index in [9.17, 15) is 24.6 Å². The molecule has 2 aliphatic rings. The molecule has 2 amide bonds. The molecule has 1 saturated heterocycles. The quantitative estimate of drug-likeness (QED) is 0.289. The fraction of sp³-hybridized carbons (Fsp3) is 0.452. The number of nitrogens with zero attached hydrogens (tertiary/aromatic N) is 1. The molecule has 0 spiro atoms. The lowest BCUT2D eigenvalue weighted by atomic mass is 9.98. The van der Waals surface area contributed by atoms with Crippen LogP contribution in [0, 0.1) is 0 Å². The van der Waals surface area contributed by atoms with E-state index in [1.165, 1.54) is 7.11 Å². The zero-order chi connectivity index (χ0) is 31.0. The molecule has 1 fully saturated rings. The molecule has 0 aromatic heterocycles. The maximum absolute atomic E-state index is 13.5. The zero-order valence-electron chi connectivity index (χ0n) is 24.0. The summed E-state index contributed by atoms with van der Waals surface area (Å²) in [5.41, 5.74) is 1.69. The van der Waals surface area contributed by atoms with Gasteiger partial charge in [0, 0.05) is 20.1 Å².